The third-order valence-electron chi connectivity index (χ3n) is 1.07. The van der Waals surface area contributed by atoms with Crippen LogP contribution < -0.4 is 0 Å². The summed E-state index contributed by atoms with van der Waals surface area (Å²) in [5.74, 6) is 0. The lowest BCUT2D eigenvalue weighted by Crippen LogP contribution is -2.04. The van der Waals surface area contributed by atoms with Crippen LogP contribution in [-0.4, -0.2) is 10.2 Å². The lowest BCUT2D eigenvalue weighted by molar-refractivity contribution is -0.141. The molecule has 0 aliphatic carbocycles. The Morgan fingerprint density at radius 3 is 2.45 bits per heavy atom. The van der Waals surface area contributed by atoms with Gasteiger partial charge in [-0.3, -0.25) is 5.10 Å². The molecule has 1 heterocycles. The Bertz CT molecular complexity index is 242. The molecule has 0 saturated carbocycles. The smallest absolute Gasteiger partial charge is 0.281 e. The lowest BCUT2D eigenvalue weighted by Gasteiger charge is -1.98. The van der Waals surface area contributed by atoms with Crippen molar-refractivity contribution >= 4 is 15.9 Å². The van der Waals surface area contributed by atoms with Gasteiger partial charge in [-0.1, -0.05) is 15.9 Å². The van der Waals surface area contributed by atoms with E-state index in [1.54, 1.807) is 0 Å². The maximum atomic E-state index is 11.8. The Morgan fingerprint density at radius 1 is 1.55 bits per heavy atom. The summed E-state index contributed by atoms with van der Waals surface area (Å²) >= 11 is 3.00. The molecule has 0 bridgehead atoms. The van der Waals surface area contributed by atoms with Gasteiger partial charge in [0.25, 0.3) is 0 Å². The Labute approximate surface area is 68.9 Å². The fraction of sp³-hybridized carbons (Fsp3) is 0.400. The van der Waals surface area contributed by atoms with Gasteiger partial charge in [0.2, 0.25) is 0 Å². The number of nitrogens with zero attached hydrogens (tertiary/aromatic N) is 1. The second kappa shape index (κ2) is 2.84. The first kappa shape index (κ1) is 8.58. The van der Waals surface area contributed by atoms with Crippen LogP contribution in [-0.2, 0) is 11.5 Å². The molecule has 0 amide bonds. The molecule has 0 spiro atoms. The topological polar surface area (TPSA) is 28.7 Å². The van der Waals surface area contributed by atoms with Crippen LogP contribution in [0.2, 0.25) is 0 Å². The lowest BCUT2D eigenvalue weighted by atomic mass is 10.4. The van der Waals surface area contributed by atoms with Crippen LogP contribution in [0.4, 0.5) is 13.2 Å². The van der Waals surface area contributed by atoms with Gasteiger partial charge in [-0.05, 0) is 6.07 Å². The van der Waals surface area contributed by atoms with E-state index in [1.165, 1.54) is 0 Å². The molecule has 0 radical (unpaired) electrons. The number of H-pyrrole nitrogens is 1. The standard InChI is InChI=1S/C5H4BrF3N2/c6-2-3-1-4(11-10-3)5(7,8)9/h1H,2H2,(H,10,11). The molecule has 0 aromatic carbocycles. The van der Waals surface area contributed by atoms with Crippen molar-refractivity contribution in [2.24, 2.45) is 0 Å². The average molecular weight is 229 g/mol. The predicted molar refractivity (Wildman–Crippen MR) is 36.2 cm³/mol. The molecule has 6 heteroatoms. The van der Waals surface area contributed by atoms with Crippen LogP contribution in [0, 0.1) is 0 Å². The van der Waals surface area contributed by atoms with E-state index in [1.807, 2.05) is 0 Å². The monoisotopic (exact) mass is 228 g/mol. The summed E-state index contributed by atoms with van der Waals surface area (Å²) in [6.07, 6.45) is -4.35. The molecule has 1 N–H and O–H groups in total. The van der Waals surface area contributed by atoms with Gasteiger partial charge in [-0.2, -0.15) is 18.3 Å². The van der Waals surface area contributed by atoms with Crippen LogP contribution in [0.1, 0.15) is 11.4 Å². The Hall–Kier alpha value is -0.520. The summed E-state index contributed by atoms with van der Waals surface area (Å²) in [5, 5.41) is 5.67. The van der Waals surface area contributed by atoms with Gasteiger partial charge in [-0.15, -0.1) is 0 Å². The van der Waals surface area contributed by atoms with E-state index in [0.717, 1.165) is 6.07 Å². The van der Waals surface area contributed by atoms with Crippen LogP contribution in [0.3, 0.4) is 0 Å². The van der Waals surface area contributed by atoms with Crippen molar-refractivity contribution in [3.63, 3.8) is 0 Å². The van der Waals surface area contributed by atoms with Crippen molar-refractivity contribution in [2.45, 2.75) is 11.5 Å². The fourth-order valence-corrected chi connectivity index (χ4v) is 0.863. The molecule has 11 heavy (non-hydrogen) atoms. The SMILES string of the molecule is FC(F)(F)c1cc(CBr)[nH]n1. The second-order valence-electron chi connectivity index (χ2n) is 1.91. The zero-order chi connectivity index (χ0) is 8.48. The maximum Gasteiger partial charge on any atom is 0.435 e. The van der Waals surface area contributed by atoms with Crippen LogP contribution in [0.5, 0.6) is 0 Å². The highest BCUT2D eigenvalue weighted by atomic mass is 79.9. The first-order valence-electron chi connectivity index (χ1n) is 2.71. The highest BCUT2D eigenvalue weighted by molar-refractivity contribution is 9.08. The Balaban J connectivity index is 2.89. The van der Waals surface area contributed by atoms with Crippen molar-refractivity contribution in [3.05, 3.63) is 17.5 Å². The summed E-state index contributed by atoms with van der Waals surface area (Å²) in [6.45, 7) is 0. The third-order valence-corrected chi connectivity index (χ3v) is 1.67. The summed E-state index contributed by atoms with van der Waals surface area (Å²) in [7, 11) is 0. The number of hydrogen-bond donors (Lipinski definition) is 1. The molecule has 1 rings (SSSR count). The molecule has 2 nitrogen and oxygen atoms in total. The summed E-state index contributed by atoms with van der Waals surface area (Å²) in [5.41, 5.74) is -0.468. The molecule has 0 saturated heterocycles. The zero-order valence-electron chi connectivity index (χ0n) is 5.24. The van der Waals surface area contributed by atoms with E-state index in [9.17, 15) is 13.2 Å². The number of alkyl halides is 4. The fourth-order valence-electron chi connectivity index (χ4n) is 0.575. The molecular weight excluding hydrogens is 225 g/mol. The van der Waals surface area contributed by atoms with E-state index < -0.39 is 11.9 Å². The van der Waals surface area contributed by atoms with E-state index in [2.05, 4.69) is 26.1 Å². The number of halogens is 4. The number of aromatic nitrogens is 2. The largest absolute Gasteiger partial charge is 0.435 e. The minimum atomic E-state index is -4.35. The third kappa shape index (κ3) is 1.95. The zero-order valence-corrected chi connectivity index (χ0v) is 6.83. The van der Waals surface area contributed by atoms with Gasteiger partial charge in [0.1, 0.15) is 0 Å². The van der Waals surface area contributed by atoms with Crippen molar-refractivity contribution in [1.82, 2.24) is 10.2 Å². The second-order valence-corrected chi connectivity index (χ2v) is 2.47. The van der Waals surface area contributed by atoms with E-state index in [0.29, 0.717) is 11.0 Å². The molecule has 1 aromatic heterocycles. The first-order chi connectivity index (χ1) is 5.04. The Kier molecular flexibility index (Phi) is 2.22. The molecule has 0 atom stereocenters. The van der Waals surface area contributed by atoms with Crippen molar-refractivity contribution in [2.75, 3.05) is 0 Å². The van der Waals surface area contributed by atoms with Crippen LogP contribution in [0.25, 0.3) is 0 Å². The van der Waals surface area contributed by atoms with E-state index in [4.69, 9.17) is 0 Å². The molecule has 0 fully saturated rings. The van der Waals surface area contributed by atoms with Gasteiger partial charge in [0.15, 0.2) is 5.69 Å². The average Bonchev–Trinajstić information content (AvgIpc) is 2.32. The highest BCUT2D eigenvalue weighted by Gasteiger charge is 2.33. The number of hydrogen-bond acceptors (Lipinski definition) is 1. The van der Waals surface area contributed by atoms with Gasteiger partial charge in [0.05, 0.1) is 0 Å². The molecule has 0 aliphatic heterocycles. The number of aromatic amines is 1. The number of nitrogens with one attached hydrogen (secondary N) is 1. The predicted octanol–water partition coefficient (Wildman–Crippen LogP) is 2.32. The quantitative estimate of drug-likeness (QED) is 0.735. The molecule has 0 unspecified atom stereocenters. The molecule has 0 aliphatic rings. The molecule has 62 valence electrons. The van der Waals surface area contributed by atoms with Crippen molar-refractivity contribution < 1.29 is 13.2 Å². The van der Waals surface area contributed by atoms with Gasteiger partial charge in [-0.25, -0.2) is 0 Å². The summed E-state index contributed by atoms with van der Waals surface area (Å²) < 4.78 is 35.5. The maximum absolute atomic E-state index is 11.8. The molecular formula is C5H4BrF3N2. The first-order valence-corrected chi connectivity index (χ1v) is 3.83. The van der Waals surface area contributed by atoms with Gasteiger partial charge in [0, 0.05) is 11.0 Å². The van der Waals surface area contributed by atoms with Crippen molar-refractivity contribution in [3.8, 4) is 0 Å². The number of rotatable bonds is 1. The highest BCUT2D eigenvalue weighted by Crippen LogP contribution is 2.27. The van der Waals surface area contributed by atoms with E-state index >= 15 is 0 Å². The van der Waals surface area contributed by atoms with E-state index in [-0.39, 0.29) is 0 Å². The Morgan fingerprint density at radius 2 is 2.18 bits per heavy atom. The normalized spacial score (nSPS) is 12.0. The van der Waals surface area contributed by atoms with Crippen LogP contribution in [0.15, 0.2) is 6.07 Å². The van der Waals surface area contributed by atoms with Gasteiger partial charge >= 0.3 is 6.18 Å². The van der Waals surface area contributed by atoms with Crippen LogP contribution >= 0.6 is 15.9 Å². The summed E-state index contributed by atoms with van der Waals surface area (Å²) in [6, 6.07) is 0.967. The molecule has 1 aromatic rings. The van der Waals surface area contributed by atoms with Crippen molar-refractivity contribution in [1.29, 1.82) is 0 Å². The summed E-state index contributed by atoms with van der Waals surface area (Å²) in [4.78, 5) is 0. The minimum Gasteiger partial charge on any atom is -0.281 e. The minimum absolute atomic E-state index is 0.343. The van der Waals surface area contributed by atoms with Gasteiger partial charge < -0.3 is 0 Å².